The van der Waals surface area contributed by atoms with Crippen LogP contribution in [-0.2, 0) is 13.0 Å². The number of carbonyl (C=O) groups excluding carboxylic acids is 1. The molecule has 0 unspecified atom stereocenters. The van der Waals surface area contributed by atoms with Crippen molar-refractivity contribution in [2.24, 2.45) is 0 Å². The molecule has 0 saturated carbocycles. The Balaban J connectivity index is 1.21. The zero-order chi connectivity index (χ0) is 25.2. The Morgan fingerprint density at radius 3 is 2.50 bits per heavy atom. The Morgan fingerprint density at radius 2 is 1.69 bits per heavy atom. The number of rotatable bonds is 13. The van der Waals surface area contributed by atoms with E-state index in [-0.39, 0.29) is 11.7 Å². The summed E-state index contributed by atoms with van der Waals surface area (Å²) < 4.78 is 21.2. The summed E-state index contributed by atoms with van der Waals surface area (Å²) in [7, 11) is 0. The fourth-order valence-corrected chi connectivity index (χ4v) is 4.27. The molecule has 188 valence electrons. The van der Waals surface area contributed by atoms with Crippen LogP contribution in [0.5, 0.6) is 5.75 Å². The van der Waals surface area contributed by atoms with Gasteiger partial charge in [-0.1, -0.05) is 30.2 Å². The highest BCUT2D eigenvalue weighted by molar-refractivity contribution is 6.30. The minimum Gasteiger partial charge on any atom is -0.494 e. The monoisotopic (exact) mass is 507 g/mol. The number of ether oxygens (including phenoxy) is 1. The molecular formula is C29H31ClFN3O2. The molecule has 0 saturated heterocycles. The molecule has 5 nitrogen and oxygen atoms in total. The van der Waals surface area contributed by atoms with Crippen molar-refractivity contribution >= 4 is 28.5 Å². The Kier molecular flexibility index (Phi) is 9.33. The van der Waals surface area contributed by atoms with Crippen LogP contribution in [0.25, 0.3) is 11.0 Å². The Morgan fingerprint density at radius 1 is 0.917 bits per heavy atom. The Bertz CT molecular complexity index is 1260. The van der Waals surface area contributed by atoms with Gasteiger partial charge in [0.15, 0.2) is 0 Å². The molecular weight excluding hydrogens is 477 g/mol. The maximum absolute atomic E-state index is 13.0. The first-order chi connectivity index (χ1) is 17.6. The number of aromatic nitrogens is 2. The lowest BCUT2D eigenvalue weighted by atomic mass is 10.1. The summed E-state index contributed by atoms with van der Waals surface area (Å²) in [5, 5.41) is 3.61. The van der Waals surface area contributed by atoms with E-state index < -0.39 is 0 Å². The number of hydrogen-bond acceptors (Lipinski definition) is 3. The van der Waals surface area contributed by atoms with E-state index >= 15 is 0 Å². The van der Waals surface area contributed by atoms with Crippen LogP contribution in [0.2, 0.25) is 5.02 Å². The highest BCUT2D eigenvalue weighted by atomic mass is 35.5. The molecule has 4 aromatic rings. The lowest BCUT2D eigenvalue weighted by Crippen LogP contribution is -2.24. The van der Waals surface area contributed by atoms with Crippen LogP contribution in [0.1, 0.15) is 48.3 Å². The van der Waals surface area contributed by atoms with Crippen LogP contribution >= 0.6 is 11.6 Å². The fraction of sp³-hybridized carbons (Fsp3) is 0.310. The molecule has 4 rings (SSSR count). The zero-order valence-corrected chi connectivity index (χ0v) is 21.0. The molecule has 1 N–H and O–H groups in total. The van der Waals surface area contributed by atoms with Crippen LogP contribution in [0.3, 0.4) is 0 Å². The summed E-state index contributed by atoms with van der Waals surface area (Å²) >= 11 is 5.92. The molecule has 0 fully saturated rings. The maximum atomic E-state index is 13.0. The number of fused-ring (bicyclic) bond motifs is 1. The van der Waals surface area contributed by atoms with E-state index in [0.29, 0.717) is 23.7 Å². The lowest BCUT2D eigenvalue weighted by Gasteiger charge is -2.10. The number of hydrogen-bond donors (Lipinski definition) is 1. The molecule has 0 radical (unpaired) electrons. The maximum Gasteiger partial charge on any atom is 0.251 e. The second-order valence-corrected chi connectivity index (χ2v) is 9.19. The number of nitrogens with zero attached hydrogens (tertiary/aromatic N) is 2. The minimum absolute atomic E-state index is 0.170. The van der Waals surface area contributed by atoms with Crippen molar-refractivity contribution in [1.82, 2.24) is 14.9 Å². The number of para-hydroxylation sites is 2. The molecule has 0 aliphatic rings. The van der Waals surface area contributed by atoms with E-state index in [1.807, 2.05) is 30.3 Å². The van der Waals surface area contributed by atoms with E-state index in [1.54, 1.807) is 0 Å². The van der Waals surface area contributed by atoms with Gasteiger partial charge in [0.25, 0.3) is 5.91 Å². The largest absolute Gasteiger partial charge is 0.494 e. The molecule has 0 aliphatic heterocycles. The van der Waals surface area contributed by atoms with Gasteiger partial charge in [-0.05, 0) is 86.3 Å². The summed E-state index contributed by atoms with van der Waals surface area (Å²) in [6.07, 6.45) is 5.70. The second kappa shape index (κ2) is 13.1. The Labute approximate surface area is 216 Å². The Hall–Kier alpha value is -3.38. The molecule has 0 spiro atoms. The van der Waals surface area contributed by atoms with Crippen LogP contribution in [-0.4, -0.2) is 28.6 Å². The SMILES string of the molecule is O=C(NCCCCCc1nc2ccccc2n1CCCCOc1ccc(Cl)cc1)c1ccc(F)cc1. The summed E-state index contributed by atoms with van der Waals surface area (Å²) in [6, 6.07) is 21.3. The number of amides is 1. The van der Waals surface area contributed by atoms with Crippen LogP contribution in [0, 0.1) is 5.82 Å². The number of benzene rings is 3. The number of imidazole rings is 1. The van der Waals surface area contributed by atoms with Crippen molar-refractivity contribution in [1.29, 1.82) is 0 Å². The van der Waals surface area contributed by atoms with Crippen molar-refractivity contribution in [3.63, 3.8) is 0 Å². The number of nitrogens with one attached hydrogen (secondary N) is 1. The number of halogens is 2. The van der Waals surface area contributed by atoms with Crippen LogP contribution in [0.4, 0.5) is 4.39 Å². The standard InChI is InChI=1S/C29H31ClFN3O2/c30-23-13-17-25(18-14-23)36-21-7-6-20-34-27-9-4-3-8-26(27)33-28(34)10-2-1-5-19-32-29(35)22-11-15-24(31)16-12-22/h3-4,8-9,11-18H,1-2,5-7,10,19-21H2,(H,32,35). The van der Waals surface area contributed by atoms with Gasteiger partial charge in [0.05, 0.1) is 17.6 Å². The predicted octanol–water partition coefficient (Wildman–Crippen LogP) is 6.83. The van der Waals surface area contributed by atoms with Gasteiger partial charge in [0.1, 0.15) is 17.4 Å². The van der Waals surface area contributed by atoms with E-state index in [4.69, 9.17) is 21.3 Å². The molecule has 36 heavy (non-hydrogen) atoms. The number of aryl methyl sites for hydroxylation is 2. The van der Waals surface area contributed by atoms with E-state index in [9.17, 15) is 9.18 Å². The molecule has 0 aliphatic carbocycles. The first-order valence-corrected chi connectivity index (χ1v) is 12.8. The molecule has 3 aromatic carbocycles. The quantitative estimate of drug-likeness (QED) is 0.202. The highest BCUT2D eigenvalue weighted by Gasteiger charge is 2.10. The van der Waals surface area contributed by atoms with Crippen molar-refractivity contribution in [3.8, 4) is 5.75 Å². The van der Waals surface area contributed by atoms with Gasteiger partial charge in [-0.15, -0.1) is 0 Å². The third-order valence-electron chi connectivity index (χ3n) is 6.06. The molecule has 1 heterocycles. The average molecular weight is 508 g/mol. The minimum atomic E-state index is -0.344. The molecule has 0 bridgehead atoms. The smallest absolute Gasteiger partial charge is 0.251 e. The molecule has 1 aromatic heterocycles. The summed E-state index contributed by atoms with van der Waals surface area (Å²) in [4.78, 5) is 17.0. The lowest BCUT2D eigenvalue weighted by molar-refractivity contribution is 0.0953. The van der Waals surface area contributed by atoms with Gasteiger partial charge in [-0.25, -0.2) is 9.37 Å². The van der Waals surface area contributed by atoms with Crippen LogP contribution in [0.15, 0.2) is 72.8 Å². The third kappa shape index (κ3) is 7.31. The van der Waals surface area contributed by atoms with Crippen molar-refractivity contribution < 1.29 is 13.9 Å². The predicted molar refractivity (Wildman–Crippen MR) is 142 cm³/mol. The van der Waals surface area contributed by atoms with Gasteiger partial charge in [-0.3, -0.25) is 4.79 Å². The normalized spacial score (nSPS) is 11.1. The van der Waals surface area contributed by atoms with E-state index in [0.717, 1.165) is 67.7 Å². The van der Waals surface area contributed by atoms with Gasteiger partial charge < -0.3 is 14.6 Å². The van der Waals surface area contributed by atoms with E-state index in [1.165, 1.54) is 24.3 Å². The van der Waals surface area contributed by atoms with E-state index in [2.05, 4.69) is 28.1 Å². The number of carbonyl (C=O) groups is 1. The average Bonchev–Trinajstić information content (AvgIpc) is 3.24. The fourth-order valence-electron chi connectivity index (χ4n) is 4.15. The topological polar surface area (TPSA) is 56.2 Å². The third-order valence-corrected chi connectivity index (χ3v) is 6.31. The molecule has 1 amide bonds. The van der Waals surface area contributed by atoms with Crippen molar-refractivity contribution in [3.05, 3.63) is 95.0 Å². The number of unbranched alkanes of at least 4 members (excludes halogenated alkanes) is 3. The van der Waals surface area contributed by atoms with Gasteiger partial charge in [-0.2, -0.15) is 0 Å². The van der Waals surface area contributed by atoms with Gasteiger partial charge >= 0.3 is 0 Å². The van der Waals surface area contributed by atoms with Crippen molar-refractivity contribution in [2.45, 2.75) is 45.1 Å². The van der Waals surface area contributed by atoms with Gasteiger partial charge in [0.2, 0.25) is 0 Å². The second-order valence-electron chi connectivity index (χ2n) is 8.75. The highest BCUT2D eigenvalue weighted by Crippen LogP contribution is 2.19. The molecule has 7 heteroatoms. The first kappa shape index (κ1) is 25.7. The summed E-state index contributed by atoms with van der Waals surface area (Å²) in [6.45, 7) is 2.15. The van der Waals surface area contributed by atoms with Gasteiger partial charge in [0, 0.05) is 30.1 Å². The van der Waals surface area contributed by atoms with Crippen molar-refractivity contribution in [2.75, 3.05) is 13.2 Å². The molecule has 0 atom stereocenters. The zero-order valence-electron chi connectivity index (χ0n) is 20.3. The van der Waals surface area contributed by atoms with Crippen LogP contribution < -0.4 is 10.1 Å². The summed E-state index contributed by atoms with van der Waals surface area (Å²) in [5.41, 5.74) is 2.66. The first-order valence-electron chi connectivity index (χ1n) is 12.5. The summed E-state index contributed by atoms with van der Waals surface area (Å²) in [5.74, 6) is 1.42.